The first-order valence-corrected chi connectivity index (χ1v) is 8.99. The maximum Gasteiger partial charge on any atom is 0.258 e. The largest absolute Gasteiger partial charge is 0.497 e. The first kappa shape index (κ1) is 17.9. The normalized spacial score (nSPS) is 15.3. The molecule has 0 saturated carbocycles. The third kappa shape index (κ3) is 3.24. The second kappa shape index (κ2) is 7.60. The van der Waals surface area contributed by atoms with Crippen LogP contribution in [0.5, 0.6) is 11.5 Å². The first-order chi connectivity index (χ1) is 13.7. The maximum absolute atomic E-state index is 13.1. The van der Waals surface area contributed by atoms with E-state index >= 15 is 0 Å². The van der Waals surface area contributed by atoms with E-state index in [9.17, 15) is 4.79 Å². The number of carbonyl (C=O) groups excluding carboxylic acids is 1. The average Bonchev–Trinajstić information content (AvgIpc) is 3.01. The van der Waals surface area contributed by atoms with Gasteiger partial charge in [-0.15, -0.1) is 0 Å². The molecule has 0 bridgehead atoms. The van der Waals surface area contributed by atoms with E-state index in [1.54, 1.807) is 31.4 Å². The number of aromatic nitrogens is 1. The second-order valence-corrected chi connectivity index (χ2v) is 6.46. The number of para-hydroxylation sites is 2. The highest BCUT2D eigenvalue weighted by atomic mass is 16.5. The Labute approximate surface area is 163 Å². The van der Waals surface area contributed by atoms with Crippen molar-refractivity contribution in [2.75, 3.05) is 19.5 Å². The van der Waals surface area contributed by atoms with Crippen molar-refractivity contribution in [1.29, 1.82) is 0 Å². The van der Waals surface area contributed by atoms with Gasteiger partial charge in [0.15, 0.2) is 0 Å². The lowest BCUT2D eigenvalue weighted by molar-refractivity contribution is 0.0727. The van der Waals surface area contributed by atoms with Crippen LogP contribution in [0.1, 0.15) is 27.8 Å². The third-order valence-corrected chi connectivity index (χ3v) is 4.81. The molecular formula is C22H21N3O3. The van der Waals surface area contributed by atoms with Crippen molar-refractivity contribution in [1.82, 2.24) is 9.88 Å². The van der Waals surface area contributed by atoms with E-state index in [2.05, 4.69) is 10.3 Å². The number of amides is 1. The van der Waals surface area contributed by atoms with Gasteiger partial charge in [-0.05, 0) is 42.0 Å². The highest BCUT2D eigenvalue weighted by Crippen LogP contribution is 2.36. The summed E-state index contributed by atoms with van der Waals surface area (Å²) in [6.45, 7) is 0.450. The monoisotopic (exact) mass is 375 g/mol. The quantitative estimate of drug-likeness (QED) is 0.709. The molecule has 0 radical (unpaired) electrons. The predicted molar refractivity (Wildman–Crippen MR) is 106 cm³/mol. The fourth-order valence-electron chi connectivity index (χ4n) is 3.38. The van der Waals surface area contributed by atoms with E-state index < -0.39 is 0 Å². The van der Waals surface area contributed by atoms with Crippen LogP contribution in [0.15, 0.2) is 66.9 Å². The Morgan fingerprint density at radius 2 is 1.79 bits per heavy atom. The van der Waals surface area contributed by atoms with E-state index in [-0.39, 0.29) is 12.1 Å². The molecule has 6 nitrogen and oxygen atoms in total. The number of nitrogens with zero attached hydrogens (tertiary/aromatic N) is 2. The SMILES string of the molecule is COc1ccc(CN2C(=O)c3cccnc3[C@@H]2Nc2ccccc2OC)cc1. The molecule has 2 heterocycles. The molecule has 0 spiro atoms. The molecule has 1 aromatic heterocycles. The van der Waals surface area contributed by atoms with Crippen LogP contribution in [0.2, 0.25) is 0 Å². The lowest BCUT2D eigenvalue weighted by atomic mass is 10.2. The summed E-state index contributed by atoms with van der Waals surface area (Å²) in [7, 11) is 3.26. The summed E-state index contributed by atoms with van der Waals surface area (Å²) >= 11 is 0. The van der Waals surface area contributed by atoms with Crippen molar-refractivity contribution in [3.05, 3.63) is 83.7 Å². The topological polar surface area (TPSA) is 63.7 Å². The smallest absolute Gasteiger partial charge is 0.258 e. The summed E-state index contributed by atoms with van der Waals surface area (Å²) in [5.41, 5.74) is 3.14. The molecule has 6 heteroatoms. The zero-order valence-corrected chi connectivity index (χ0v) is 15.8. The Morgan fingerprint density at radius 1 is 1.00 bits per heavy atom. The van der Waals surface area contributed by atoms with Gasteiger partial charge in [-0.2, -0.15) is 0 Å². The molecule has 142 valence electrons. The Morgan fingerprint density at radius 3 is 2.54 bits per heavy atom. The number of anilines is 1. The minimum Gasteiger partial charge on any atom is -0.497 e. The van der Waals surface area contributed by atoms with Gasteiger partial charge in [-0.25, -0.2) is 0 Å². The van der Waals surface area contributed by atoms with Crippen molar-refractivity contribution >= 4 is 11.6 Å². The van der Waals surface area contributed by atoms with Crippen molar-refractivity contribution in [3.63, 3.8) is 0 Å². The fraction of sp³-hybridized carbons (Fsp3) is 0.182. The van der Waals surface area contributed by atoms with Gasteiger partial charge in [0, 0.05) is 12.7 Å². The summed E-state index contributed by atoms with van der Waals surface area (Å²) in [6.07, 6.45) is 1.32. The molecule has 1 aliphatic rings. The van der Waals surface area contributed by atoms with Gasteiger partial charge in [0.05, 0.1) is 31.2 Å². The average molecular weight is 375 g/mol. The number of nitrogens with one attached hydrogen (secondary N) is 1. The van der Waals surface area contributed by atoms with Crippen molar-refractivity contribution in [2.24, 2.45) is 0 Å². The number of rotatable bonds is 6. The van der Waals surface area contributed by atoms with Crippen molar-refractivity contribution < 1.29 is 14.3 Å². The molecule has 1 N–H and O–H groups in total. The lowest BCUT2D eigenvalue weighted by Gasteiger charge is -2.27. The first-order valence-electron chi connectivity index (χ1n) is 8.99. The van der Waals surface area contributed by atoms with Crippen LogP contribution in [0.25, 0.3) is 0 Å². The van der Waals surface area contributed by atoms with Gasteiger partial charge < -0.3 is 19.7 Å². The van der Waals surface area contributed by atoms with E-state index in [0.29, 0.717) is 23.6 Å². The predicted octanol–water partition coefficient (Wildman–Crippen LogP) is 3.87. The number of fused-ring (bicyclic) bond motifs is 1. The zero-order chi connectivity index (χ0) is 19.5. The van der Waals surface area contributed by atoms with E-state index in [0.717, 1.165) is 17.0 Å². The third-order valence-electron chi connectivity index (χ3n) is 4.81. The minimum absolute atomic E-state index is 0.0497. The Hall–Kier alpha value is -3.54. The number of carbonyl (C=O) groups is 1. The van der Waals surface area contributed by atoms with Gasteiger partial charge in [0.2, 0.25) is 0 Å². The lowest BCUT2D eigenvalue weighted by Crippen LogP contribution is -2.32. The van der Waals surface area contributed by atoms with Crippen LogP contribution in [0.4, 0.5) is 5.69 Å². The summed E-state index contributed by atoms with van der Waals surface area (Å²) in [4.78, 5) is 19.3. The van der Waals surface area contributed by atoms with Gasteiger partial charge in [-0.1, -0.05) is 24.3 Å². The van der Waals surface area contributed by atoms with Crippen LogP contribution in [-0.4, -0.2) is 30.0 Å². The van der Waals surface area contributed by atoms with E-state index in [1.807, 2.05) is 54.6 Å². The van der Waals surface area contributed by atoms with Crippen LogP contribution in [0.3, 0.4) is 0 Å². The number of ether oxygens (including phenoxy) is 2. The maximum atomic E-state index is 13.1. The summed E-state index contributed by atoms with van der Waals surface area (Å²) in [5.74, 6) is 1.44. The molecule has 0 saturated heterocycles. The Bertz CT molecular complexity index is 988. The highest BCUT2D eigenvalue weighted by molar-refractivity contribution is 5.99. The zero-order valence-electron chi connectivity index (χ0n) is 15.8. The molecule has 1 aliphatic heterocycles. The Kier molecular flexibility index (Phi) is 4.85. The summed E-state index contributed by atoms with van der Waals surface area (Å²) in [5, 5.41) is 3.43. The van der Waals surface area contributed by atoms with E-state index in [1.165, 1.54) is 0 Å². The number of benzene rings is 2. The van der Waals surface area contributed by atoms with Gasteiger partial charge in [0.1, 0.15) is 17.7 Å². The number of hydrogen-bond donors (Lipinski definition) is 1. The molecule has 1 amide bonds. The van der Waals surface area contributed by atoms with Gasteiger partial charge in [-0.3, -0.25) is 9.78 Å². The molecule has 4 rings (SSSR count). The van der Waals surface area contributed by atoms with Gasteiger partial charge >= 0.3 is 0 Å². The van der Waals surface area contributed by atoms with E-state index in [4.69, 9.17) is 9.47 Å². The molecule has 1 atom stereocenters. The molecule has 0 aliphatic carbocycles. The van der Waals surface area contributed by atoms with Crippen LogP contribution < -0.4 is 14.8 Å². The highest BCUT2D eigenvalue weighted by Gasteiger charge is 2.38. The Balaban J connectivity index is 1.68. The minimum atomic E-state index is -0.387. The summed E-state index contributed by atoms with van der Waals surface area (Å²) < 4.78 is 10.7. The standard InChI is InChI=1S/C22H21N3O3/c1-27-16-11-9-15(10-12-16)14-25-21(20-17(22(25)26)6-5-13-23-20)24-18-7-3-4-8-19(18)28-2/h3-13,21,24H,14H2,1-2H3/t21-/m1/s1. The number of methoxy groups -OCH3 is 2. The van der Waals surface area contributed by atoms with Crippen LogP contribution >= 0.6 is 0 Å². The van der Waals surface area contributed by atoms with Crippen molar-refractivity contribution in [3.8, 4) is 11.5 Å². The number of pyridine rings is 1. The molecule has 3 aromatic rings. The molecule has 28 heavy (non-hydrogen) atoms. The van der Waals surface area contributed by atoms with Crippen molar-refractivity contribution in [2.45, 2.75) is 12.7 Å². The molecular weight excluding hydrogens is 354 g/mol. The summed E-state index contributed by atoms with van der Waals surface area (Å²) in [6, 6.07) is 18.9. The van der Waals surface area contributed by atoms with Crippen LogP contribution in [0, 0.1) is 0 Å². The van der Waals surface area contributed by atoms with Crippen LogP contribution in [-0.2, 0) is 6.54 Å². The fourth-order valence-corrected chi connectivity index (χ4v) is 3.38. The molecule has 0 fully saturated rings. The molecule has 2 aromatic carbocycles. The number of hydrogen-bond acceptors (Lipinski definition) is 5. The second-order valence-electron chi connectivity index (χ2n) is 6.46. The molecule has 0 unspecified atom stereocenters. The van der Waals surface area contributed by atoms with Gasteiger partial charge in [0.25, 0.3) is 5.91 Å².